The van der Waals surface area contributed by atoms with Gasteiger partial charge in [0.25, 0.3) is 5.69 Å². The van der Waals surface area contributed by atoms with Gasteiger partial charge < -0.3 is 9.47 Å². The summed E-state index contributed by atoms with van der Waals surface area (Å²) in [6.07, 6.45) is 1.13. The molecule has 0 N–H and O–H groups in total. The van der Waals surface area contributed by atoms with Gasteiger partial charge in [-0.1, -0.05) is 54.1 Å². The summed E-state index contributed by atoms with van der Waals surface area (Å²) in [5, 5.41) is 17.5. The molecule has 4 aromatic carbocycles. The number of fused-ring (bicyclic) bond motifs is 1. The van der Waals surface area contributed by atoms with Gasteiger partial charge >= 0.3 is 11.5 Å². The maximum atomic E-state index is 13.0. The maximum absolute atomic E-state index is 13.0. The molecule has 0 unspecified atom stereocenters. The van der Waals surface area contributed by atoms with Crippen molar-refractivity contribution < 1.29 is 24.0 Å². The molecule has 0 saturated carbocycles. The number of ether oxygens (including phenoxy) is 2. The smallest absolute Gasteiger partial charge is 0.415 e. The highest BCUT2D eigenvalue weighted by atomic mass is 35.5. The molecule has 0 saturated heterocycles. The number of hydrogen-bond acceptors (Lipinski definition) is 7. The summed E-state index contributed by atoms with van der Waals surface area (Å²) in [6, 6.07) is 27.4. The van der Waals surface area contributed by atoms with Crippen LogP contribution in [0.5, 0.6) is 11.5 Å². The average Bonchev–Trinajstić information content (AvgIpc) is 3.09. The third kappa shape index (κ3) is 7.60. The Kier molecular flexibility index (Phi) is 9.69. The molecule has 1 heterocycles. The Morgan fingerprint density at radius 2 is 1.48 bits per heavy atom. The Bertz CT molecular complexity index is 1690. The van der Waals surface area contributed by atoms with Gasteiger partial charge in [-0.3, -0.25) is 10.1 Å². The van der Waals surface area contributed by atoms with Gasteiger partial charge in [-0.25, -0.2) is 9.59 Å². The number of amides is 1. The zero-order valence-corrected chi connectivity index (χ0v) is 23.9. The van der Waals surface area contributed by atoms with Crippen LogP contribution >= 0.6 is 23.2 Å². The lowest BCUT2D eigenvalue weighted by Gasteiger charge is -2.18. The van der Waals surface area contributed by atoms with Crippen molar-refractivity contribution in [2.75, 3.05) is 0 Å². The van der Waals surface area contributed by atoms with Crippen LogP contribution in [0.15, 0.2) is 108 Å². The minimum absolute atomic E-state index is 0.00365. The first kappa shape index (κ1) is 30.0. The second-order valence-electron chi connectivity index (χ2n) is 8.87. The quantitative estimate of drug-likeness (QED) is 0.131. The van der Waals surface area contributed by atoms with E-state index in [0.717, 1.165) is 5.56 Å². The van der Waals surface area contributed by atoms with Crippen LogP contribution in [0.25, 0.3) is 6.08 Å². The number of para-hydroxylation sites is 2. The highest BCUT2D eigenvalue weighted by Crippen LogP contribution is 2.29. The maximum Gasteiger partial charge on any atom is 0.440 e. The van der Waals surface area contributed by atoms with Gasteiger partial charge in [0.1, 0.15) is 11.5 Å². The van der Waals surface area contributed by atoms with Crippen molar-refractivity contribution in [3.8, 4) is 11.5 Å². The van der Waals surface area contributed by atoms with Gasteiger partial charge in [-0.05, 0) is 74.0 Å². The summed E-state index contributed by atoms with van der Waals surface area (Å²) >= 11 is 11.2. The Labute approximate surface area is 251 Å². The van der Waals surface area contributed by atoms with Crippen LogP contribution in [-0.4, -0.2) is 27.2 Å². The molecule has 0 radical (unpaired) electrons. The van der Waals surface area contributed by atoms with Crippen molar-refractivity contribution in [1.82, 2.24) is 5.01 Å². The molecule has 0 bridgehead atoms. The number of halogens is 2. The van der Waals surface area contributed by atoms with Crippen LogP contribution < -0.4 is 9.47 Å². The van der Waals surface area contributed by atoms with Crippen LogP contribution in [0, 0.1) is 17.0 Å². The molecule has 0 fully saturated rings. The second kappa shape index (κ2) is 13.6. The fourth-order valence-corrected chi connectivity index (χ4v) is 4.26. The van der Waals surface area contributed by atoms with E-state index >= 15 is 0 Å². The van der Waals surface area contributed by atoms with Crippen molar-refractivity contribution in [2.24, 2.45) is 5.10 Å². The minimum Gasteiger partial charge on any atom is -0.415 e. The lowest BCUT2D eigenvalue weighted by Crippen LogP contribution is -2.28. The lowest BCUT2D eigenvalue weighted by molar-refractivity contribution is -0.385. The molecular formula is C31H23Cl2N3O6. The standard InChI is InChI=1S/C24H18ClN3O4.C7H5ClO2/c1-15-12-18(9-11-22(15)28(30)31)23-21-14-19(25)10-8-17(21)13-16(2)27(26-23)24(29)32-20-6-4-3-5-7-20;8-7(9)10-6-4-2-1-3-5-6/h3-14H,1-2H3;1-5H. The highest BCUT2D eigenvalue weighted by molar-refractivity contribution is 6.61. The van der Waals surface area contributed by atoms with Crippen molar-refractivity contribution in [2.45, 2.75) is 13.8 Å². The Hall–Kier alpha value is -4.99. The number of benzene rings is 4. The molecule has 5 rings (SSSR count). The predicted molar refractivity (Wildman–Crippen MR) is 161 cm³/mol. The fourth-order valence-electron chi connectivity index (χ4n) is 4.00. The molecule has 0 aliphatic carbocycles. The molecule has 4 aromatic rings. The van der Waals surface area contributed by atoms with Crippen molar-refractivity contribution in [3.05, 3.63) is 140 Å². The number of carbonyl (C=O) groups is 2. The minimum atomic E-state index is -0.814. The van der Waals surface area contributed by atoms with Crippen LogP contribution in [0.2, 0.25) is 5.02 Å². The first-order chi connectivity index (χ1) is 20.1. The van der Waals surface area contributed by atoms with E-state index in [4.69, 9.17) is 27.9 Å². The zero-order chi connectivity index (χ0) is 30.2. The van der Waals surface area contributed by atoms with Gasteiger partial charge in [0, 0.05) is 45.1 Å². The molecule has 11 heteroatoms. The number of hydrogen-bond donors (Lipinski definition) is 0. The van der Waals surface area contributed by atoms with Crippen LogP contribution in [0.4, 0.5) is 15.3 Å². The number of aryl methyl sites for hydroxylation is 1. The summed E-state index contributed by atoms with van der Waals surface area (Å²) in [7, 11) is 0. The molecule has 212 valence electrons. The predicted octanol–water partition coefficient (Wildman–Crippen LogP) is 8.61. The molecule has 0 spiro atoms. The van der Waals surface area contributed by atoms with Gasteiger partial charge in [0.15, 0.2) is 0 Å². The Morgan fingerprint density at radius 1 is 0.857 bits per heavy atom. The molecule has 42 heavy (non-hydrogen) atoms. The Balaban J connectivity index is 0.000000343. The van der Waals surface area contributed by atoms with Crippen LogP contribution in [0.3, 0.4) is 0 Å². The van der Waals surface area contributed by atoms with E-state index in [1.165, 1.54) is 11.1 Å². The van der Waals surface area contributed by atoms with E-state index in [-0.39, 0.29) is 5.69 Å². The van der Waals surface area contributed by atoms with E-state index < -0.39 is 16.4 Å². The van der Waals surface area contributed by atoms with Crippen molar-refractivity contribution >= 4 is 52.2 Å². The zero-order valence-electron chi connectivity index (χ0n) is 22.4. The molecule has 1 aliphatic rings. The third-order valence-electron chi connectivity index (χ3n) is 5.90. The summed E-state index contributed by atoms with van der Waals surface area (Å²) in [6.45, 7) is 3.40. The summed E-state index contributed by atoms with van der Waals surface area (Å²) in [5.74, 6) is 0.848. The lowest BCUT2D eigenvalue weighted by atomic mass is 9.96. The molecule has 0 aromatic heterocycles. The molecule has 1 aliphatic heterocycles. The highest BCUT2D eigenvalue weighted by Gasteiger charge is 2.25. The number of nitro benzene ring substituents is 1. The monoisotopic (exact) mass is 603 g/mol. The number of rotatable bonds is 4. The normalized spacial score (nSPS) is 12.0. The number of nitro groups is 1. The van der Waals surface area contributed by atoms with Gasteiger partial charge in [0.2, 0.25) is 0 Å². The van der Waals surface area contributed by atoms with Gasteiger partial charge in [0.05, 0.1) is 10.6 Å². The van der Waals surface area contributed by atoms with Crippen molar-refractivity contribution in [3.63, 3.8) is 0 Å². The number of hydrazone groups is 1. The average molecular weight is 604 g/mol. The van der Waals surface area contributed by atoms with E-state index in [1.807, 2.05) is 24.3 Å². The first-order valence-corrected chi connectivity index (χ1v) is 13.2. The van der Waals surface area contributed by atoms with E-state index in [2.05, 4.69) is 9.84 Å². The third-order valence-corrected chi connectivity index (χ3v) is 6.21. The summed E-state index contributed by atoms with van der Waals surface area (Å²) in [4.78, 5) is 33.9. The van der Waals surface area contributed by atoms with E-state index in [9.17, 15) is 19.7 Å². The number of nitrogens with zero attached hydrogens (tertiary/aromatic N) is 3. The molecule has 9 nitrogen and oxygen atoms in total. The number of allylic oxidation sites excluding steroid dienone is 1. The van der Waals surface area contributed by atoms with Crippen LogP contribution in [0.1, 0.15) is 29.2 Å². The summed E-state index contributed by atoms with van der Waals surface area (Å²) in [5.41, 5.74) is 2.76. The van der Waals surface area contributed by atoms with E-state index in [1.54, 1.807) is 86.6 Å². The Morgan fingerprint density at radius 3 is 2.05 bits per heavy atom. The molecule has 0 atom stereocenters. The SMILES string of the molecule is CC1=Cc2ccc(Cl)cc2C(c2ccc([N+](=O)[O-])c(C)c2)=NN1C(=O)Oc1ccccc1.O=C(Cl)Oc1ccccc1. The van der Waals surface area contributed by atoms with Gasteiger partial charge in [-0.2, -0.15) is 10.1 Å². The topological polar surface area (TPSA) is 111 Å². The largest absolute Gasteiger partial charge is 0.440 e. The van der Waals surface area contributed by atoms with Crippen molar-refractivity contribution in [1.29, 1.82) is 0 Å². The molecular weight excluding hydrogens is 581 g/mol. The number of carbonyl (C=O) groups excluding carboxylic acids is 2. The fraction of sp³-hybridized carbons (Fsp3) is 0.0645. The van der Waals surface area contributed by atoms with Gasteiger partial charge in [-0.15, -0.1) is 0 Å². The van der Waals surface area contributed by atoms with E-state index in [0.29, 0.717) is 44.6 Å². The second-order valence-corrected chi connectivity index (χ2v) is 9.61. The summed E-state index contributed by atoms with van der Waals surface area (Å²) < 4.78 is 10.0. The molecule has 1 amide bonds. The van der Waals surface area contributed by atoms with Crippen LogP contribution in [-0.2, 0) is 0 Å². The first-order valence-electron chi connectivity index (χ1n) is 12.4.